The summed E-state index contributed by atoms with van der Waals surface area (Å²) in [6.07, 6.45) is 6.56. The smallest absolute Gasteiger partial charge is 0.191 e. The SMILES string of the molecule is CCNC(=NCc1ccc(Cn2ccnc2)cc1)NCCCOC. The molecule has 6 nitrogen and oxygen atoms in total. The van der Waals surface area contributed by atoms with E-state index in [1.807, 2.05) is 12.5 Å². The number of rotatable bonds is 9. The lowest BCUT2D eigenvalue weighted by Gasteiger charge is -2.11. The highest BCUT2D eigenvalue weighted by molar-refractivity contribution is 5.79. The van der Waals surface area contributed by atoms with E-state index >= 15 is 0 Å². The van der Waals surface area contributed by atoms with Gasteiger partial charge in [0.25, 0.3) is 0 Å². The van der Waals surface area contributed by atoms with Crippen molar-refractivity contribution >= 4 is 5.96 Å². The second kappa shape index (κ2) is 10.4. The number of hydrogen-bond acceptors (Lipinski definition) is 3. The molecule has 0 aliphatic heterocycles. The van der Waals surface area contributed by atoms with Gasteiger partial charge in [0.15, 0.2) is 5.96 Å². The van der Waals surface area contributed by atoms with E-state index < -0.39 is 0 Å². The van der Waals surface area contributed by atoms with Crippen LogP contribution in [0.5, 0.6) is 0 Å². The third-order valence-electron chi connectivity index (χ3n) is 3.53. The molecule has 2 aromatic rings. The van der Waals surface area contributed by atoms with E-state index in [9.17, 15) is 0 Å². The van der Waals surface area contributed by atoms with Crippen LogP contribution >= 0.6 is 0 Å². The van der Waals surface area contributed by atoms with Crippen molar-refractivity contribution in [2.24, 2.45) is 4.99 Å². The first-order chi connectivity index (χ1) is 11.8. The van der Waals surface area contributed by atoms with Crippen LogP contribution in [0.25, 0.3) is 0 Å². The number of guanidine groups is 1. The zero-order chi connectivity index (χ0) is 17.0. The summed E-state index contributed by atoms with van der Waals surface area (Å²) >= 11 is 0. The van der Waals surface area contributed by atoms with E-state index in [1.54, 1.807) is 13.3 Å². The van der Waals surface area contributed by atoms with Crippen LogP contribution in [-0.4, -0.2) is 42.3 Å². The van der Waals surface area contributed by atoms with Crippen LogP contribution in [-0.2, 0) is 17.8 Å². The number of methoxy groups -OCH3 is 1. The molecule has 0 aliphatic rings. The third-order valence-corrected chi connectivity index (χ3v) is 3.53. The van der Waals surface area contributed by atoms with E-state index in [1.165, 1.54) is 11.1 Å². The molecule has 0 amide bonds. The van der Waals surface area contributed by atoms with Crippen LogP contribution in [0, 0.1) is 0 Å². The van der Waals surface area contributed by atoms with Gasteiger partial charge in [-0.2, -0.15) is 0 Å². The first kappa shape index (κ1) is 18.0. The first-order valence-electron chi connectivity index (χ1n) is 8.36. The van der Waals surface area contributed by atoms with E-state index in [-0.39, 0.29) is 0 Å². The number of aliphatic imine (C=N–C) groups is 1. The molecule has 0 atom stereocenters. The summed E-state index contributed by atoms with van der Waals surface area (Å²) in [5, 5.41) is 6.57. The molecule has 2 rings (SSSR count). The minimum Gasteiger partial charge on any atom is -0.385 e. The fourth-order valence-electron chi connectivity index (χ4n) is 2.28. The van der Waals surface area contributed by atoms with Gasteiger partial charge in [-0.3, -0.25) is 0 Å². The van der Waals surface area contributed by atoms with Gasteiger partial charge in [0, 0.05) is 45.7 Å². The van der Waals surface area contributed by atoms with Crippen LogP contribution in [0.15, 0.2) is 48.0 Å². The van der Waals surface area contributed by atoms with Gasteiger partial charge in [-0.25, -0.2) is 9.98 Å². The lowest BCUT2D eigenvalue weighted by Crippen LogP contribution is -2.38. The largest absolute Gasteiger partial charge is 0.385 e. The lowest BCUT2D eigenvalue weighted by atomic mass is 10.1. The van der Waals surface area contributed by atoms with Crippen molar-refractivity contribution in [2.75, 3.05) is 26.8 Å². The van der Waals surface area contributed by atoms with E-state index in [0.29, 0.717) is 6.54 Å². The number of aromatic nitrogens is 2. The summed E-state index contributed by atoms with van der Waals surface area (Å²) in [5.74, 6) is 0.844. The van der Waals surface area contributed by atoms with Crippen molar-refractivity contribution in [3.8, 4) is 0 Å². The molecular weight excluding hydrogens is 302 g/mol. The Bertz CT molecular complexity index is 592. The quantitative estimate of drug-likeness (QED) is 0.420. The molecule has 0 aliphatic carbocycles. The Balaban J connectivity index is 1.85. The van der Waals surface area contributed by atoms with Crippen molar-refractivity contribution in [3.05, 3.63) is 54.1 Å². The summed E-state index contributed by atoms with van der Waals surface area (Å²) in [6, 6.07) is 8.54. The number of nitrogens with one attached hydrogen (secondary N) is 2. The van der Waals surface area contributed by atoms with E-state index in [0.717, 1.165) is 38.6 Å². The number of ether oxygens (including phenoxy) is 1. The van der Waals surface area contributed by atoms with Gasteiger partial charge in [0.2, 0.25) is 0 Å². The molecule has 0 unspecified atom stereocenters. The Hall–Kier alpha value is -2.34. The summed E-state index contributed by atoms with van der Waals surface area (Å²) in [4.78, 5) is 8.69. The average Bonchev–Trinajstić information content (AvgIpc) is 3.11. The topological polar surface area (TPSA) is 63.5 Å². The van der Waals surface area contributed by atoms with E-state index in [2.05, 4.69) is 56.4 Å². The predicted octanol–water partition coefficient (Wildman–Crippen LogP) is 2.02. The van der Waals surface area contributed by atoms with Crippen molar-refractivity contribution in [3.63, 3.8) is 0 Å². The predicted molar refractivity (Wildman–Crippen MR) is 97.1 cm³/mol. The molecule has 24 heavy (non-hydrogen) atoms. The lowest BCUT2D eigenvalue weighted by molar-refractivity contribution is 0.195. The van der Waals surface area contributed by atoms with Gasteiger partial charge in [-0.1, -0.05) is 24.3 Å². The number of nitrogens with zero attached hydrogens (tertiary/aromatic N) is 3. The maximum Gasteiger partial charge on any atom is 0.191 e. The van der Waals surface area contributed by atoms with Gasteiger partial charge in [0.05, 0.1) is 12.9 Å². The minimum absolute atomic E-state index is 0.658. The van der Waals surface area contributed by atoms with Gasteiger partial charge in [-0.15, -0.1) is 0 Å². The first-order valence-corrected chi connectivity index (χ1v) is 8.36. The molecule has 1 heterocycles. The highest BCUT2D eigenvalue weighted by Crippen LogP contribution is 2.07. The highest BCUT2D eigenvalue weighted by atomic mass is 16.5. The van der Waals surface area contributed by atoms with Crippen molar-refractivity contribution in [1.82, 2.24) is 20.2 Å². The van der Waals surface area contributed by atoms with Crippen LogP contribution in [0.2, 0.25) is 0 Å². The molecule has 130 valence electrons. The maximum atomic E-state index is 5.06. The molecule has 0 bridgehead atoms. The Labute approximate surface area is 144 Å². The molecule has 1 aromatic carbocycles. The standard InChI is InChI=1S/C18H27N5O/c1-3-20-18(21-9-4-12-24-2)22-13-16-5-7-17(8-6-16)14-23-11-10-19-15-23/h5-8,10-11,15H,3-4,9,12-14H2,1-2H3,(H2,20,21,22). The average molecular weight is 329 g/mol. The van der Waals surface area contributed by atoms with Crippen LogP contribution in [0.3, 0.4) is 0 Å². The summed E-state index contributed by atoms with van der Waals surface area (Å²) in [6.45, 7) is 6.02. The second-order valence-corrected chi connectivity index (χ2v) is 5.52. The van der Waals surface area contributed by atoms with Gasteiger partial charge >= 0.3 is 0 Å². The molecule has 2 N–H and O–H groups in total. The zero-order valence-electron chi connectivity index (χ0n) is 14.5. The highest BCUT2D eigenvalue weighted by Gasteiger charge is 1.99. The zero-order valence-corrected chi connectivity index (χ0v) is 14.5. The molecular formula is C18H27N5O. The summed E-state index contributed by atoms with van der Waals surface area (Å²) in [7, 11) is 1.72. The molecule has 0 fully saturated rings. The van der Waals surface area contributed by atoms with Gasteiger partial charge in [0.1, 0.15) is 0 Å². The molecule has 6 heteroatoms. The van der Waals surface area contributed by atoms with Gasteiger partial charge in [-0.05, 0) is 24.5 Å². The molecule has 0 spiro atoms. The molecule has 1 aromatic heterocycles. The fraction of sp³-hybridized carbons (Fsp3) is 0.444. The Morgan fingerprint density at radius 3 is 2.67 bits per heavy atom. The number of hydrogen-bond donors (Lipinski definition) is 2. The molecule has 0 saturated heterocycles. The van der Waals surface area contributed by atoms with Gasteiger partial charge < -0.3 is 19.9 Å². The normalized spacial score (nSPS) is 11.5. The fourth-order valence-corrected chi connectivity index (χ4v) is 2.28. The van der Waals surface area contributed by atoms with E-state index in [4.69, 9.17) is 4.74 Å². The van der Waals surface area contributed by atoms with Crippen LogP contribution in [0.4, 0.5) is 0 Å². The summed E-state index contributed by atoms with van der Waals surface area (Å²) in [5.41, 5.74) is 2.45. The van der Waals surface area contributed by atoms with Crippen LogP contribution < -0.4 is 10.6 Å². The molecule has 0 saturated carbocycles. The summed E-state index contributed by atoms with van der Waals surface area (Å²) < 4.78 is 7.11. The third kappa shape index (κ3) is 6.42. The maximum absolute atomic E-state index is 5.06. The number of imidazole rings is 1. The number of benzene rings is 1. The Kier molecular flexibility index (Phi) is 7.83. The Morgan fingerprint density at radius 1 is 1.21 bits per heavy atom. The Morgan fingerprint density at radius 2 is 2.00 bits per heavy atom. The van der Waals surface area contributed by atoms with Crippen molar-refractivity contribution in [1.29, 1.82) is 0 Å². The molecule has 0 radical (unpaired) electrons. The monoisotopic (exact) mass is 329 g/mol. The van der Waals surface area contributed by atoms with Crippen molar-refractivity contribution in [2.45, 2.75) is 26.4 Å². The van der Waals surface area contributed by atoms with Crippen molar-refractivity contribution < 1.29 is 4.74 Å². The second-order valence-electron chi connectivity index (χ2n) is 5.52. The minimum atomic E-state index is 0.658. The van der Waals surface area contributed by atoms with Crippen LogP contribution in [0.1, 0.15) is 24.5 Å².